The highest BCUT2D eigenvalue weighted by molar-refractivity contribution is 8.11. The average molecular weight is 500 g/mol. The lowest BCUT2D eigenvalue weighted by molar-refractivity contribution is -0.114. The topological polar surface area (TPSA) is 114 Å². The van der Waals surface area contributed by atoms with Crippen molar-refractivity contribution in [3.63, 3.8) is 0 Å². The number of thiazole rings is 1. The molecule has 13 heteroatoms. The number of carbonyl (C=O) groups excluding carboxylic acids is 1. The van der Waals surface area contributed by atoms with E-state index in [2.05, 4.69) is 10.3 Å². The standard InChI is InChI=1S/C17H13N3O5S5/c1-11(21)18-17-19-13-7-6-12(10-14(13)28-17)20(29(22,23)15-4-2-8-26-15)30(24,25)16-5-3-9-27-16/h2-10H,1H3,(H,18,19,21). The van der Waals surface area contributed by atoms with Crippen LogP contribution < -0.4 is 9.03 Å². The number of aromatic nitrogens is 1. The molecule has 0 aliphatic heterocycles. The maximum atomic E-state index is 13.3. The fourth-order valence-electron chi connectivity index (χ4n) is 2.62. The first kappa shape index (κ1) is 20.9. The summed E-state index contributed by atoms with van der Waals surface area (Å²) in [5, 5.41) is 6.04. The van der Waals surface area contributed by atoms with Gasteiger partial charge in [-0.15, -0.1) is 22.7 Å². The van der Waals surface area contributed by atoms with Crippen molar-refractivity contribution in [1.29, 1.82) is 0 Å². The summed E-state index contributed by atoms with van der Waals surface area (Å²) in [6.07, 6.45) is 0. The first-order chi connectivity index (χ1) is 14.2. The van der Waals surface area contributed by atoms with Crippen LogP contribution in [0.5, 0.6) is 0 Å². The maximum absolute atomic E-state index is 13.3. The van der Waals surface area contributed by atoms with Crippen molar-refractivity contribution >= 4 is 81.0 Å². The van der Waals surface area contributed by atoms with Gasteiger partial charge in [0.1, 0.15) is 8.42 Å². The Bertz CT molecular complexity index is 1360. The number of hydrogen-bond donors (Lipinski definition) is 1. The number of fused-ring (bicyclic) bond motifs is 1. The summed E-state index contributed by atoms with van der Waals surface area (Å²) in [6.45, 7) is 1.35. The van der Waals surface area contributed by atoms with Crippen molar-refractivity contribution < 1.29 is 21.6 Å². The predicted molar refractivity (Wildman–Crippen MR) is 119 cm³/mol. The average Bonchev–Trinajstić information content (AvgIpc) is 3.41. The van der Waals surface area contributed by atoms with E-state index in [1.54, 1.807) is 22.9 Å². The van der Waals surface area contributed by atoms with Crippen molar-refractivity contribution in [2.24, 2.45) is 0 Å². The Kier molecular flexibility index (Phi) is 5.40. The molecule has 0 unspecified atom stereocenters. The first-order valence-electron chi connectivity index (χ1n) is 8.25. The number of carbonyl (C=O) groups is 1. The molecule has 0 aliphatic carbocycles. The van der Waals surface area contributed by atoms with E-state index in [0.717, 1.165) is 34.0 Å². The number of anilines is 2. The highest BCUT2D eigenvalue weighted by Gasteiger charge is 2.38. The van der Waals surface area contributed by atoms with Crippen LogP contribution in [0.4, 0.5) is 10.8 Å². The van der Waals surface area contributed by atoms with Crippen LogP contribution in [0.25, 0.3) is 10.2 Å². The fraction of sp³-hybridized carbons (Fsp3) is 0.0588. The molecule has 4 aromatic rings. The van der Waals surface area contributed by atoms with Crippen molar-refractivity contribution in [3.8, 4) is 0 Å². The minimum atomic E-state index is -4.39. The van der Waals surface area contributed by atoms with Gasteiger partial charge >= 0.3 is 0 Å². The maximum Gasteiger partial charge on any atom is 0.287 e. The molecule has 1 amide bonds. The summed E-state index contributed by atoms with van der Waals surface area (Å²) < 4.78 is 54.1. The number of thiophene rings is 2. The van der Waals surface area contributed by atoms with Gasteiger partial charge in [-0.1, -0.05) is 23.5 Å². The predicted octanol–water partition coefficient (Wildman–Crippen LogP) is 3.96. The molecule has 0 radical (unpaired) electrons. The lowest BCUT2D eigenvalue weighted by Crippen LogP contribution is -2.36. The molecule has 8 nitrogen and oxygen atoms in total. The van der Waals surface area contributed by atoms with Gasteiger partial charge in [-0.2, -0.15) is 20.5 Å². The second-order valence-corrected chi connectivity index (χ2v) is 13.1. The van der Waals surface area contributed by atoms with E-state index in [-0.39, 0.29) is 20.0 Å². The molecule has 0 fully saturated rings. The Balaban J connectivity index is 1.91. The molecule has 0 bridgehead atoms. The third-order valence-electron chi connectivity index (χ3n) is 3.80. The molecule has 3 aromatic heterocycles. The fourth-order valence-corrected chi connectivity index (χ4v) is 9.63. The third kappa shape index (κ3) is 3.74. The summed E-state index contributed by atoms with van der Waals surface area (Å²) >= 11 is 2.99. The molecule has 30 heavy (non-hydrogen) atoms. The van der Waals surface area contributed by atoms with Gasteiger partial charge in [-0.3, -0.25) is 4.79 Å². The third-order valence-corrected chi connectivity index (χ3v) is 11.7. The number of sulfonamides is 2. The zero-order valence-electron chi connectivity index (χ0n) is 15.2. The number of amides is 1. The van der Waals surface area contributed by atoms with Gasteiger partial charge in [0.2, 0.25) is 5.91 Å². The normalized spacial score (nSPS) is 12.2. The highest BCUT2D eigenvalue weighted by Crippen LogP contribution is 2.37. The van der Waals surface area contributed by atoms with Crippen molar-refractivity contribution in [1.82, 2.24) is 4.98 Å². The lowest BCUT2D eigenvalue weighted by Gasteiger charge is -2.22. The SMILES string of the molecule is CC(=O)Nc1nc2ccc(N(S(=O)(=O)c3cccs3)S(=O)(=O)c3cccs3)cc2s1. The monoisotopic (exact) mass is 499 g/mol. The van der Waals surface area contributed by atoms with Crippen LogP contribution in [-0.4, -0.2) is 27.7 Å². The van der Waals surface area contributed by atoms with Crippen molar-refractivity contribution in [2.45, 2.75) is 15.3 Å². The zero-order valence-corrected chi connectivity index (χ0v) is 19.3. The van der Waals surface area contributed by atoms with Gasteiger partial charge < -0.3 is 5.32 Å². The number of nitrogens with one attached hydrogen (secondary N) is 1. The molecule has 0 saturated heterocycles. The van der Waals surface area contributed by atoms with E-state index in [4.69, 9.17) is 0 Å². The number of rotatable bonds is 6. The Labute approximate surface area is 184 Å². The first-order valence-corrected chi connectivity index (χ1v) is 13.7. The molecular formula is C17H13N3O5S5. The molecule has 0 atom stereocenters. The Morgan fingerprint density at radius 1 is 0.967 bits per heavy atom. The Hall–Kier alpha value is -2.32. The van der Waals surface area contributed by atoms with Gasteiger partial charge in [0.25, 0.3) is 20.0 Å². The second-order valence-electron chi connectivity index (χ2n) is 5.92. The van der Waals surface area contributed by atoms with Crippen LogP contribution in [-0.2, 0) is 24.8 Å². The van der Waals surface area contributed by atoms with E-state index in [1.807, 2.05) is 0 Å². The van der Waals surface area contributed by atoms with Gasteiger partial charge in [0, 0.05) is 6.92 Å². The van der Waals surface area contributed by atoms with Crippen LogP contribution in [0.3, 0.4) is 0 Å². The van der Waals surface area contributed by atoms with Crippen molar-refractivity contribution in [3.05, 3.63) is 53.2 Å². The minimum absolute atomic E-state index is 0.0395. The zero-order chi connectivity index (χ0) is 21.5. The smallest absolute Gasteiger partial charge is 0.287 e. The molecule has 1 N–H and O–H groups in total. The van der Waals surface area contributed by atoms with E-state index < -0.39 is 20.0 Å². The van der Waals surface area contributed by atoms with Gasteiger partial charge in [0.05, 0.1) is 15.9 Å². The van der Waals surface area contributed by atoms with Crippen LogP contribution in [0.15, 0.2) is 61.6 Å². The molecule has 4 rings (SSSR count). The number of nitrogens with zero attached hydrogens (tertiary/aromatic N) is 2. The molecule has 3 heterocycles. The van der Waals surface area contributed by atoms with Crippen LogP contribution in [0.2, 0.25) is 0 Å². The van der Waals surface area contributed by atoms with Crippen LogP contribution >= 0.6 is 34.0 Å². The summed E-state index contributed by atoms with van der Waals surface area (Å²) in [4.78, 5) is 15.5. The van der Waals surface area contributed by atoms with Gasteiger partial charge in [0.15, 0.2) is 5.13 Å². The second kappa shape index (κ2) is 7.74. The Morgan fingerprint density at radius 3 is 2.07 bits per heavy atom. The van der Waals surface area contributed by atoms with E-state index in [0.29, 0.717) is 19.1 Å². The van der Waals surface area contributed by atoms with E-state index >= 15 is 0 Å². The summed E-state index contributed by atoms with van der Waals surface area (Å²) in [6, 6.07) is 10.1. The number of hydrogen-bond acceptors (Lipinski definition) is 9. The minimum Gasteiger partial charge on any atom is -0.302 e. The summed E-state index contributed by atoms with van der Waals surface area (Å²) in [7, 11) is -8.78. The number of benzene rings is 1. The molecule has 156 valence electrons. The van der Waals surface area contributed by atoms with Gasteiger partial charge in [-0.05, 0) is 41.1 Å². The van der Waals surface area contributed by atoms with E-state index in [1.165, 1.54) is 37.3 Å². The Morgan fingerprint density at radius 2 is 1.57 bits per heavy atom. The lowest BCUT2D eigenvalue weighted by atomic mass is 10.3. The summed E-state index contributed by atoms with van der Waals surface area (Å²) in [5.74, 6) is -0.295. The molecular weight excluding hydrogens is 487 g/mol. The highest BCUT2D eigenvalue weighted by atomic mass is 32.3. The van der Waals surface area contributed by atoms with Gasteiger partial charge in [-0.25, -0.2) is 4.98 Å². The van der Waals surface area contributed by atoms with Crippen LogP contribution in [0, 0.1) is 0 Å². The quantitative estimate of drug-likeness (QED) is 0.430. The molecule has 0 aliphatic rings. The summed E-state index contributed by atoms with van der Waals surface area (Å²) in [5.41, 5.74) is 0.469. The molecule has 0 saturated carbocycles. The molecule has 1 aromatic carbocycles. The van der Waals surface area contributed by atoms with Crippen LogP contribution in [0.1, 0.15) is 6.92 Å². The molecule has 0 spiro atoms. The van der Waals surface area contributed by atoms with E-state index in [9.17, 15) is 21.6 Å². The largest absolute Gasteiger partial charge is 0.302 e. The van der Waals surface area contributed by atoms with Crippen molar-refractivity contribution in [2.75, 3.05) is 9.03 Å².